The summed E-state index contributed by atoms with van der Waals surface area (Å²) in [6.07, 6.45) is 0. The molecule has 140 valence electrons. The molecule has 0 unspecified atom stereocenters. The lowest BCUT2D eigenvalue weighted by molar-refractivity contribution is -0.385. The van der Waals surface area contributed by atoms with Crippen molar-refractivity contribution in [1.29, 1.82) is 0 Å². The maximum absolute atomic E-state index is 11.9. The molecule has 0 atom stereocenters. The molecule has 3 rings (SSSR count). The van der Waals surface area contributed by atoms with Crippen LogP contribution in [0.3, 0.4) is 0 Å². The number of hydrogen-bond donors (Lipinski definition) is 1. The minimum atomic E-state index is -4.08. The van der Waals surface area contributed by atoms with Crippen LogP contribution in [-0.2, 0) is 16.6 Å². The zero-order valence-corrected chi connectivity index (χ0v) is 15.0. The third-order valence-corrected chi connectivity index (χ3v) is 5.18. The molecule has 2 aromatic rings. The zero-order valence-electron chi connectivity index (χ0n) is 14.2. The van der Waals surface area contributed by atoms with Gasteiger partial charge in [0.05, 0.1) is 16.3 Å². The van der Waals surface area contributed by atoms with Crippen molar-refractivity contribution >= 4 is 21.4 Å². The number of sulfonamides is 1. The highest BCUT2D eigenvalue weighted by atomic mass is 32.2. The van der Waals surface area contributed by atoms with Gasteiger partial charge in [0.25, 0.3) is 5.69 Å². The summed E-state index contributed by atoms with van der Waals surface area (Å²) in [6, 6.07) is 5.61. The number of piperazine rings is 1. The van der Waals surface area contributed by atoms with Crippen molar-refractivity contribution in [3.8, 4) is 0 Å². The molecule has 1 aliphatic heterocycles. The van der Waals surface area contributed by atoms with E-state index in [1.54, 1.807) is 0 Å². The summed E-state index contributed by atoms with van der Waals surface area (Å²) in [5.41, 5.74) is 0.921. The molecule has 0 saturated carbocycles. The molecule has 1 aromatic carbocycles. The van der Waals surface area contributed by atoms with Crippen LogP contribution in [0.25, 0.3) is 0 Å². The van der Waals surface area contributed by atoms with E-state index in [9.17, 15) is 18.5 Å². The van der Waals surface area contributed by atoms with Crippen molar-refractivity contribution in [2.75, 3.05) is 31.1 Å². The first-order chi connectivity index (χ1) is 12.2. The maximum Gasteiger partial charge on any atom is 0.270 e. The second kappa shape index (κ2) is 7.02. The first kappa shape index (κ1) is 18.3. The fraction of sp³-hybridized carbons (Fsp3) is 0.400. The van der Waals surface area contributed by atoms with Crippen LogP contribution in [0.15, 0.2) is 33.7 Å². The molecule has 11 heteroatoms. The Morgan fingerprint density at radius 3 is 2.50 bits per heavy atom. The smallest absolute Gasteiger partial charge is 0.270 e. The van der Waals surface area contributed by atoms with E-state index in [1.165, 1.54) is 12.1 Å². The number of hydrogen-bond acceptors (Lipinski definition) is 8. The second-order valence-electron chi connectivity index (χ2n) is 6.15. The van der Waals surface area contributed by atoms with Gasteiger partial charge < -0.3 is 9.42 Å². The summed E-state index contributed by atoms with van der Waals surface area (Å²) in [6.45, 7) is 4.99. The predicted molar refractivity (Wildman–Crippen MR) is 93.2 cm³/mol. The fourth-order valence-electron chi connectivity index (χ4n) is 2.97. The van der Waals surface area contributed by atoms with Gasteiger partial charge in [-0.15, -0.1) is 0 Å². The normalized spacial score (nSPS) is 16.0. The Morgan fingerprint density at radius 1 is 1.27 bits per heavy atom. The Morgan fingerprint density at radius 2 is 1.96 bits per heavy atom. The third-order valence-electron chi connectivity index (χ3n) is 4.24. The van der Waals surface area contributed by atoms with E-state index in [0.717, 1.165) is 17.5 Å². The van der Waals surface area contributed by atoms with E-state index in [0.29, 0.717) is 38.4 Å². The van der Waals surface area contributed by atoms with Crippen molar-refractivity contribution < 1.29 is 17.9 Å². The van der Waals surface area contributed by atoms with Gasteiger partial charge in [-0.25, -0.2) is 13.6 Å². The molecule has 2 N–H and O–H groups in total. The van der Waals surface area contributed by atoms with Gasteiger partial charge in [0.1, 0.15) is 10.7 Å². The van der Waals surface area contributed by atoms with Crippen molar-refractivity contribution in [1.82, 2.24) is 10.1 Å². The van der Waals surface area contributed by atoms with Crippen LogP contribution in [-0.4, -0.2) is 49.6 Å². The Bertz CT molecular complexity index is 918. The summed E-state index contributed by atoms with van der Waals surface area (Å²) in [5.74, 6) is 0.752. The number of nitro groups is 1. The van der Waals surface area contributed by atoms with E-state index in [-0.39, 0.29) is 10.6 Å². The minimum Gasteiger partial charge on any atom is -0.368 e. The third kappa shape index (κ3) is 4.00. The molecule has 0 radical (unpaired) electrons. The summed E-state index contributed by atoms with van der Waals surface area (Å²) < 4.78 is 28.8. The Kier molecular flexibility index (Phi) is 4.94. The van der Waals surface area contributed by atoms with E-state index < -0.39 is 14.9 Å². The van der Waals surface area contributed by atoms with E-state index >= 15 is 0 Å². The number of aromatic nitrogens is 1. The molecule has 1 saturated heterocycles. The average molecular weight is 381 g/mol. The number of benzene rings is 1. The molecule has 0 bridgehead atoms. The maximum atomic E-state index is 11.9. The van der Waals surface area contributed by atoms with Crippen molar-refractivity contribution in [3.05, 3.63) is 45.8 Å². The standard InChI is InChI=1S/C15H19N5O5S/c1-11-8-12(17-25-11)10-18-4-6-19(7-5-18)14-3-2-13(20(21)22)9-15(14)26(16,23)24/h2-3,8-9H,4-7,10H2,1H3,(H2,16,23,24). The van der Waals surface area contributed by atoms with Gasteiger partial charge in [0, 0.05) is 50.9 Å². The quantitative estimate of drug-likeness (QED) is 0.595. The lowest BCUT2D eigenvalue weighted by atomic mass is 10.2. The van der Waals surface area contributed by atoms with Gasteiger partial charge in [-0.3, -0.25) is 15.0 Å². The number of nitrogens with zero attached hydrogens (tertiary/aromatic N) is 4. The van der Waals surface area contributed by atoms with E-state index in [4.69, 9.17) is 9.66 Å². The first-order valence-corrected chi connectivity index (χ1v) is 9.49. The average Bonchev–Trinajstić information content (AvgIpc) is 2.99. The Labute approximate surface area is 150 Å². The fourth-order valence-corrected chi connectivity index (χ4v) is 3.75. The monoisotopic (exact) mass is 381 g/mol. The molecule has 0 spiro atoms. The highest BCUT2D eigenvalue weighted by Crippen LogP contribution is 2.29. The SMILES string of the molecule is Cc1cc(CN2CCN(c3ccc([N+](=O)[O-])cc3S(N)(=O)=O)CC2)no1. The molecule has 0 amide bonds. The second-order valence-corrected chi connectivity index (χ2v) is 7.68. The van der Waals surface area contributed by atoms with Crippen LogP contribution in [0.4, 0.5) is 11.4 Å². The Hall–Kier alpha value is -2.50. The molecular formula is C15H19N5O5S. The van der Waals surface area contributed by atoms with Crippen LogP contribution >= 0.6 is 0 Å². The van der Waals surface area contributed by atoms with E-state index in [1.807, 2.05) is 17.9 Å². The molecule has 2 heterocycles. The number of aryl methyl sites for hydroxylation is 1. The number of nitrogens with two attached hydrogens (primary N) is 1. The highest BCUT2D eigenvalue weighted by Gasteiger charge is 2.25. The minimum absolute atomic E-state index is 0.229. The van der Waals surface area contributed by atoms with Crippen LogP contribution in [0, 0.1) is 17.0 Å². The molecular weight excluding hydrogens is 362 g/mol. The number of rotatable bonds is 5. The summed E-state index contributed by atoms with van der Waals surface area (Å²) >= 11 is 0. The van der Waals surface area contributed by atoms with Crippen molar-refractivity contribution in [2.45, 2.75) is 18.4 Å². The zero-order chi connectivity index (χ0) is 18.9. The molecule has 1 aromatic heterocycles. The summed E-state index contributed by atoms with van der Waals surface area (Å²) in [7, 11) is -4.08. The van der Waals surface area contributed by atoms with Gasteiger partial charge in [-0.05, 0) is 13.0 Å². The number of non-ortho nitro benzene ring substituents is 1. The number of anilines is 1. The summed E-state index contributed by atoms with van der Waals surface area (Å²) in [5, 5.41) is 20.2. The Balaban J connectivity index is 1.75. The van der Waals surface area contributed by atoms with Crippen molar-refractivity contribution in [2.24, 2.45) is 5.14 Å². The van der Waals surface area contributed by atoms with Crippen LogP contribution in [0.2, 0.25) is 0 Å². The lowest BCUT2D eigenvalue weighted by Gasteiger charge is -2.36. The number of nitro benzene ring substituents is 1. The van der Waals surface area contributed by atoms with E-state index in [2.05, 4.69) is 10.1 Å². The highest BCUT2D eigenvalue weighted by molar-refractivity contribution is 7.89. The summed E-state index contributed by atoms with van der Waals surface area (Å²) in [4.78, 5) is 14.1. The van der Waals surface area contributed by atoms with Crippen LogP contribution < -0.4 is 10.0 Å². The van der Waals surface area contributed by atoms with Gasteiger partial charge in [0.2, 0.25) is 10.0 Å². The molecule has 1 fully saturated rings. The van der Waals surface area contributed by atoms with Gasteiger partial charge in [-0.1, -0.05) is 5.16 Å². The van der Waals surface area contributed by atoms with Crippen LogP contribution in [0.1, 0.15) is 11.5 Å². The molecule has 0 aliphatic carbocycles. The topological polar surface area (TPSA) is 136 Å². The molecule has 10 nitrogen and oxygen atoms in total. The lowest BCUT2D eigenvalue weighted by Crippen LogP contribution is -2.46. The van der Waals surface area contributed by atoms with Crippen LogP contribution in [0.5, 0.6) is 0 Å². The van der Waals surface area contributed by atoms with Crippen molar-refractivity contribution in [3.63, 3.8) is 0 Å². The predicted octanol–water partition coefficient (Wildman–Crippen LogP) is 0.861. The largest absolute Gasteiger partial charge is 0.368 e. The molecule has 1 aliphatic rings. The number of primary sulfonamides is 1. The first-order valence-electron chi connectivity index (χ1n) is 7.95. The van der Waals surface area contributed by atoms with Gasteiger partial charge in [-0.2, -0.15) is 0 Å². The molecule has 26 heavy (non-hydrogen) atoms. The van der Waals surface area contributed by atoms with Gasteiger partial charge in [0.15, 0.2) is 0 Å². The van der Waals surface area contributed by atoms with Gasteiger partial charge >= 0.3 is 0 Å².